The Morgan fingerprint density at radius 3 is 2.36 bits per heavy atom. The summed E-state index contributed by atoms with van der Waals surface area (Å²) in [7, 11) is 0. The Morgan fingerprint density at radius 1 is 1.18 bits per heavy atom. The molecule has 0 heterocycles. The topological polar surface area (TPSA) is 55.1 Å². The molecule has 1 amide bonds. The van der Waals surface area contributed by atoms with E-state index in [9.17, 15) is 4.79 Å². The van der Waals surface area contributed by atoms with E-state index in [-0.39, 0.29) is 18.3 Å². The number of nitrogens with two attached hydrogens (primary N) is 1. The lowest BCUT2D eigenvalue weighted by Crippen LogP contribution is -2.54. The molecule has 2 fully saturated rings. The van der Waals surface area contributed by atoms with Gasteiger partial charge in [0.15, 0.2) is 0 Å². The van der Waals surface area contributed by atoms with Crippen LogP contribution in [-0.4, -0.2) is 18.0 Å². The van der Waals surface area contributed by atoms with Gasteiger partial charge >= 0.3 is 0 Å². The van der Waals surface area contributed by atoms with Crippen molar-refractivity contribution in [3.8, 4) is 0 Å². The van der Waals surface area contributed by atoms with Crippen LogP contribution < -0.4 is 11.1 Å². The normalized spacial score (nSPS) is 30.3. The summed E-state index contributed by atoms with van der Waals surface area (Å²) in [6.07, 6.45) is 6.24. The Bertz CT molecular complexity index is 492. The Balaban J connectivity index is 0.00000176. The average Bonchev–Trinajstić information content (AvgIpc) is 2.42. The van der Waals surface area contributed by atoms with Crippen LogP contribution in [0.4, 0.5) is 0 Å². The van der Waals surface area contributed by atoms with Crippen molar-refractivity contribution in [3.05, 3.63) is 34.9 Å². The highest BCUT2D eigenvalue weighted by molar-refractivity contribution is 6.30. The molecular weight excluding hydrogens is 319 g/mol. The van der Waals surface area contributed by atoms with Crippen molar-refractivity contribution in [1.82, 2.24) is 5.32 Å². The van der Waals surface area contributed by atoms with Crippen molar-refractivity contribution in [2.45, 2.75) is 50.6 Å². The number of hydrogen-bond donors (Lipinski definition) is 2. The molecule has 2 saturated carbocycles. The fourth-order valence-corrected chi connectivity index (χ4v) is 4.18. The van der Waals surface area contributed by atoms with Crippen LogP contribution in [0.15, 0.2) is 24.3 Å². The zero-order chi connectivity index (χ0) is 14.8. The predicted octanol–water partition coefficient (Wildman–Crippen LogP) is 3.33. The molecule has 2 bridgehead atoms. The van der Waals surface area contributed by atoms with Crippen LogP contribution in [0.1, 0.15) is 37.7 Å². The van der Waals surface area contributed by atoms with E-state index in [0.717, 1.165) is 18.4 Å². The van der Waals surface area contributed by atoms with Crippen LogP contribution in [0.25, 0.3) is 0 Å². The summed E-state index contributed by atoms with van der Waals surface area (Å²) in [5.41, 5.74) is 7.14. The third kappa shape index (κ3) is 4.15. The fourth-order valence-electron chi connectivity index (χ4n) is 4.05. The third-order valence-electron chi connectivity index (χ3n) is 4.98. The number of carbonyl (C=O) groups excluding carboxylic acids is 1. The first-order valence-electron chi connectivity index (χ1n) is 7.91. The first-order valence-corrected chi connectivity index (χ1v) is 8.29. The van der Waals surface area contributed by atoms with E-state index in [2.05, 4.69) is 5.32 Å². The highest BCUT2D eigenvalue weighted by atomic mass is 35.5. The molecule has 0 saturated heterocycles. The second kappa shape index (κ2) is 7.67. The van der Waals surface area contributed by atoms with Gasteiger partial charge in [-0.3, -0.25) is 4.79 Å². The second-order valence-electron chi connectivity index (χ2n) is 6.58. The molecular formula is C17H24Cl2N2O. The molecule has 0 spiro atoms. The van der Waals surface area contributed by atoms with Crippen LogP contribution in [-0.2, 0) is 11.2 Å². The molecule has 1 aromatic carbocycles. The van der Waals surface area contributed by atoms with E-state index in [4.69, 9.17) is 17.3 Å². The molecule has 3 rings (SSSR count). The van der Waals surface area contributed by atoms with Gasteiger partial charge < -0.3 is 11.1 Å². The fraction of sp³-hybridized carbons (Fsp3) is 0.588. The summed E-state index contributed by atoms with van der Waals surface area (Å²) in [5.74, 6) is 1.26. The Hall–Kier alpha value is -0.770. The minimum Gasteiger partial charge on any atom is -0.353 e. The lowest BCUT2D eigenvalue weighted by atomic mass is 9.67. The number of benzene rings is 1. The number of halogens is 2. The van der Waals surface area contributed by atoms with Gasteiger partial charge in [0.2, 0.25) is 5.91 Å². The number of rotatable bonds is 3. The lowest BCUT2D eigenvalue weighted by Gasteiger charge is -2.45. The van der Waals surface area contributed by atoms with Crippen molar-refractivity contribution in [1.29, 1.82) is 0 Å². The standard InChI is InChI=1S/C17H23ClN2O.ClH/c18-14-6-4-11(5-7-14)8-16(21)20-17-12-2-1-3-13(17)10-15(19)9-12;/h4-7,12-13,15,17H,1-3,8-10,19H2,(H,20,21);1H. The summed E-state index contributed by atoms with van der Waals surface area (Å²) >= 11 is 5.87. The van der Waals surface area contributed by atoms with Crippen LogP contribution in [0.2, 0.25) is 5.02 Å². The van der Waals surface area contributed by atoms with Gasteiger partial charge in [0.25, 0.3) is 0 Å². The molecule has 2 unspecified atom stereocenters. The van der Waals surface area contributed by atoms with Crippen molar-refractivity contribution >= 4 is 29.9 Å². The molecule has 2 atom stereocenters. The summed E-state index contributed by atoms with van der Waals surface area (Å²) < 4.78 is 0. The number of carbonyl (C=O) groups is 1. The molecule has 0 aromatic heterocycles. The summed E-state index contributed by atoms with van der Waals surface area (Å²) in [6.45, 7) is 0. The third-order valence-corrected chi connectivity index (χ3v) is 5.23. The Kier molecular flexibility index (Phi) is 6.13. The molecule has 1 aromatic rings. The highest BCUT2D eigenvalue weighted by Gasteiger charge is 2.39. The van der Waals surface area contributed by atoms with E-state index >= 15 is 0 Å². The number of fused-ring (bicyclic) bond motifs is 2. The predicted molar refractivity (Wildman–Crippen MR) is 92.4 cm³/mol. The summed E-state index contributed by atoms with van der Waals surface area (Å²) in [4.78, 5) is 12.3. The van der Waals surface area contributed by atoms with Crippen molar-refractivity contribution in [2.24, 2.45) is 17.6 Å². The molecule has 0 radical (unpaired) electrons. The molecule has 22 heavy (non-hydrogen) atoms. The Morgan fingerprint density at radius 2 is 1.77 bits per heavy atom. The first-order chi connectivity index (χ1) is 10.1. The van der Waals surface area contributed by atoms with Gasteiger partial charge in [0.05, 0.1) is 6.42 Å². The van der Waals surface area contributed by atoms with Crippen molar-refractivity contribution in [3.63, 3.8) is 0 Å². The molecule has 5 heteroatoms. The summed E-state index contributed by atoms with van der Waals surface area (Å²) in [5, 5.41) is 3.98. The zero-order valence-corrected chi connectivity index (χ0v) is 14.2. The Labute approximate surface area is 143 Å². The van der Waals surface area contributed by atoms with Gasteiger partial charge in [-0.15, -0.1) is 12.4 Å². The van der Waals surface area contributed by atoms with Crippen LogP contribution in [0.5, 0.6) is 0 Å². The number of nitrogens with one attached hydrogen (secondary N) is 1. The van der Waals surface area contributed by atoms with E-state index in [1.165, 1.54) is 19.3 Å². The average molecular weight is 343 g/mol. The second-order valence-corrected chi connectivity index (χ2v) is 7.02. The maximum atomic E-state index is 12.3. The van der Waals surface area contributed by atoms with E-state index in [1.54, 1.807) is 0 Å². The van der Waals surface area contributed by atoms with E-state index in [0.29, 0.717) is 35.4 Å². The maximum Gasteiger partial charge on any atom is 0.224 e. The van der Waals surface area contributed by atoms with Crippen molar-refractivity contribution in [2.75, 3.05) is 0 Å². The lowest BCUT2D eigenvalue weighted by molar-refractivity contribution is -0.122. The molecule has 122 valence electrons. The largest absolute Gasteiger partial charge is 0.353 e. The van der Waals surface area contributed by atoms with E-state index in [1.807, 2.05) is 24.3 Å². The van der Waals surface area contributed by atoms with Gasteiger partial charge in [0, 0.05) is 17.1 Å². The van der Waals surface area contributed by atoms with Crippen LogP contribution in [0, 0.1) is 11.8 Å². The quantitative estimate of drug-likeness (QED) is 0.885. The smallest absolute Gasteiger partial charge is 0.224 e. The zero-order valence-electron chi connectivity index (χ0n) is 12.6. The molecule has 2 aliphatic carbocycles. The number of amides is 1. The molecule has 3 N–H and O–H groups in total. The van der Waals surface area contributed by atoms with Gasteiger partial charge in [-0.1, -0.05) is 30.2 Å². The van der Waals surface area contributed by atoms with Gasteiger partial charge in [-0.2, -0.15) is 0 Å². The van der Waals surface area contributed by atoms with Crippen LogP contribution in [0.3, 0.4) is 0 Å². The SMILES string of the molecule is Cl.NC1CC2CCCC(C1)C2NC(=O)Cc1ccc(Cl)cc1. The van der Waals surface area contributed by atoms with Gasteiger partial charge in [-0.05, 0) is 55.2 Å². The van der Waals surface area contributed by atoms with Gasteiger partial charge in [-0.25, -0.2) is 0 Å². The maximum absolute atomic E-state index is 12.3. The molecule has 0 aliphatic heterocycles. The first kappa shape index (κ1) is 17.6. The van der Waals surface area contributed by atoms with Gasteiger partial charge in [0.1, 0.15) is 0 Å². The van der Waals surface area contributed by atoms with Crippen LogP contribution >= 0.6 is 24.0 Å². The molecule has 3 nitrogen and oxygen atoms in total. The minimum atomic E-state index is 0. The van der Waals surface area contributed by atoms with Crippen molar-refractivity contribution < 1.29 is 4.79 Å². The highest BCUT2D eigenvalue weighted by Crippen LogP contribution is 2.39. The monoisotopic (exact) mass is 342 g/mol. The minimum absolute atomic E-state index is 0. The van der Waals surface area contributed by atoms with E-state index < -0.39 is 0 Å². The summed E-state index contributed by atoms with van der Waals surface area (Å²) in [6, 6.07) is 8.15. The molecule has 2 aliphatic rings. The number of hydrogen-bond acceptors (Lipinski definition) is 2.